The van der Waals surface area contributed by atoms with Crippen molar-refractivity contribution in [3.8, 4) is 11.5 Å². The zero-order valence-corrected chi connectivity index (χ0v) is 15.8. The van der Waals surface area contributed by atoms with Gasteiger partial charge in [-0.3, -0.25) is 4.79 Å². The molecule has 0 aliphatic carbocycles. The molecule has 2 aliphatic heterocycles. The molecule has 0 saturated carbocycles. The van der Waals surface area contributed by atoms with E-state index in [-0.39, 0.29) is 41.1 Å². The van der Waals surface area contributed by atoms with Gasteiger partial charge in [-0.2, -0.15) is 0 Å². The topological polar surface area (TPSA) is 128 Å². The molecule has 2 aromatic rings. The molecule has 1 aromatic carbocycles. The number of nitrogens with two attached hydrogens (primary N) is 1. The lowest BCUT2D eigenvalue weighted by Gasteiger charge is -2.35. The van der Waals surface area contributed by atoms with E-state index < -0.39 is 10.0 Å². The number of ether oxygens (including phenoxy) is 2. The zero-order chi connectivity index (χ0) is 19.7. The standard InChI is InChI=1S/C17H19N5O5S/c18-28(24,25)12-10-13(15-14(11-12)26-8-9-27-15)16(23)21-4-6-22(7-5-21)17-19-2-1-3-20-17/h1-3,10-11H,4-9H2,(H2,18,24,25). The maximum absolute atomic E-state index is 13.1. The summed E-state index contributed by atoms with van der Waals surface area (Å²) < 4.78 is 34.7. The van der Waals surface area contributed by atoms with E-state index in [4.69, 9.17) is 14.6 Å². The Bertz CT molecular complexity index is 990. The lowest BCUT2D eigenvalue weighted by Crippen LogP contribution is -2.49. The van der Waals surface area contributed by atoms with E-state index in [1.807, 2.05) is 4.90 Å². The van der Waals surface area contributed by atoms with Gasteiger partial charge in [0, 0.05) is 44.6 Å². The fraction of sp³-hybridized carbons (Fsp3) is 0.353. The van der Waals surface area contributed by atoms with Gasteiger partial charge in [-0.25, -0.2) is 23.5 Å². The minimum absolute atomic E-state index is 0.130. The molecule has 1 amide bonds. The molecule has 11 heteroatoms. The van der Waals surface area contributed by atoms with E-state index in [9.17, 15) is 13.2 Å². The summed E-state index contributed by atoms with van der Waals surface area (Å²) in [6.45, 7) is 2.54. The Labute approximate surface area is 161 Å². The normalized spacial score (nSPS) is 16.8. The van der Waals surface area contributed by atoms with Crippen LogP contribution in [-0.4, -0.2) is 68.6 Å². The molecule has 148 valence electrons. The van der Waals surface area contributed by atoms with Crippen molar-refractivity contribution in [2.75, 3.05) is 44.3 Å². The molecule has 0 spiro atoms. The van der Waals surface area contributed by atoms with Crippen molar-refractivity contribution in [1.29, 1.82) is 0 Å². The molecule has 1 saturated heterocycles. The van der Waals surface area contributed by atoms with Gasteiger partial charge >= 0.3 is 0 Å². The Morgan fingerprint density at radius 1 is 1.04 bits per heavy atom. The van der Waals surface area contributed by atoms with Crippen molar-refractivity contribution in [1.82, 2.24) is 14.9 Å². The van der Waals surface area contributed by atoms with Crippen LogP contribution in [0.5, 0.6) is 11.5 Å². The first-order valence-corrected chi connectivity index (χ1v) is 10.3. The van der Waals surface area contributed by atoms with E-state index in [0.717, 1.165) is 0 Å². The summed E-state index contributed by atoms with van der Waals surface area (Å²) in [6, 6.07) is 4.27. The van der Waals surface area contributed by atoms with Crippen LogP contribution in [-0.2, 0) is 10.0 Å². The Morgan fingerprint density at radius 3 is 2.39 bits per heavy atom. The molecule has 0 atom stereocenters. The number of anilines is 1. The summed E-state index contributed by atoms with van der Waals surface area (Å²) in [4.78, 5) is 25.0. The number of benzene rings is 1. The van der Waals surface area contributed by atoms with Gasteiger partial charge in [0.2, 0.25) is 16.0 Å². The van der Waals surface area contributed by atoms with Gasteiger partial charge in [0.15, 0.2) is 11.5 Å². The molecule has 1 aromatic heterocycles. The molecule has 4 rings (SSSR count). The van der Waals surface area contributed by atoms with Crippen LogP contribution in [0.25, 0.3) is 0 Å². The highest BCUT2D eigenvalue weighted by Gasteiger charge is 2.30. The van der Waals surface area contributed by atoms with Gasteiger partial charge in [-0.15, -0.1) is 0 Å². The minimum Gasteiger partial charge on any atom is -0.486 e. The van der Waals surface area contributed by atoms with E-state index in [1.165, 1.54) is 12.1 Å². The summed E-state index contributed by atoms with van der Waals surface area (Å²) in [7, 11) is -4.00. The Morgan fingerprint density at radius 2 is 1.71 bits per heavy atom. The van der Waals surface area contributed by atoms with Crippen molar-refractivity contribution < 1.29 is 22.7 Å². The number of nitrogens with zero attached hydrogens (tertiary/aromatic N) is 4. The third-order valence-electron chi connectivity index (χ3n) is 4.58. The Balaban J connectivity index is 1.58. The second kappa shape index (κ2) is 7.24. The molecule has 10 nitrogen and oxygen atoms in total. The highest BCUT2D eigenvalue weighted by Crippen LogP contribution is 2.37. The van der Waals surface area contributed by atoms with Crippen LogP contribution in [0.3, 0.4) is 0 Å². The third-order valence-corrected chi connectivity index (χ3v) is 5.47. The maximum atomic E-state index is 13.1. The van der Waals surface area contributed by atoms with Gasteiger partial charge in [0.05, 0.1) is 10.5 Å². The van der Waals surface area contributed by atoms with E-state index in [0.29, 0.717) is 32.1 Å². The first kappa shape index (κ1) is 18.4. The van der Waals surface area contributed by atoms with Crippen molar-refractivity contribution in [3.63, 3.8) is 0 Å². The summed E-state index contributed by atoms with van der Waals surface area (Å²) in [6.07, 6.45) is 3.34. The fourth-order valence-electron chi connectivity index (χ4n) is 3.19. The largest absolute Gasteiger partial charge is 0.486 e. The number of hydrogen-bond acceptors (Lipinski definition) is 8. The molecule has 1 fully saturated rings. The van der Waals surface area contributed by atoms with Gasteiger partial charge in [0.1, 0.15) is 13.2 Å². The quantitative estimate of drug-likeness (QED) is 0.747. The summed E-state index contributed by atoms with van der Waals surface area (Å²) in [5.74, 6) is 0.732. The van der Waals surface area contributed by atoms with Crippen LogP contribution in [0, 0.1) is 0 Å². The molecule has 0 bridgehead atoms. The van der Waals surface area contributed by atoms with Gasteiger partial charge in [0.25, 0.3) is 5.91 Å². The molecule has 3 heterocycles. The number of sulfonamides is 1. The van der Waals surface area contributed by atoms with Crippen molar-refractivity contribution >= 4 is 21.9 Å². The third kappa shape index (κ3) is 3.58. The average molecular weight is 405 g/mol. The summed E-state index contributed by atoms with van der Waals surface area (Å²) in [5.41, 5.74) is 0.130. The smallest absolute Gasteiger partial charge is 0.257 e. The van der Waals surface area contributed by atoms with Crippen LogP contribution in [0.15, 0.2) is 35.5 Å². The number of hydrogen-bond donors (Lipinski definition) is 1. The molecule has 0 unspecified atom stereocenters. The van der Waals surface area contributed by atoms with Gasteiger partial charge in [-0.1, -0.05) is 0 Å². The molecule has 2 aliphatic rings. The van der Waals surface area contributed by atoms with E-state index in [2.05, 4.69) is 9.97 Å². The predicted molar refractivity (Wildman–Crippen MR) is 99.0 cm³/mol. The SMILES string of the molecule is NS(=O)(=O)c1cc2c(c(C(=O)N3CCN(c4ncccn4)CC3)c1)OCCO2. The minimum atomic E-state index is -4.00. The first-order valence-electron chi connectivity index (χ1n) is 8.71. The number of rotatable bonds is 3. The number of primary sulfonamides is 1. The highest BCUT2D eigenvalue weighted by molar-refractivity contribution is 7.89. The second-order valence-corrected chi connectivity index (χ2v) is 7.93. The number of carbonyl (C=O) groups excluding carboxylic acids is 1. The van der Waals surface area contributed by atoms with Crippen molar-refractivity contribution in [2.45, 2.75) is 4.90 Å². The van der Waals surface area contributed by atoms with Crippen LogP contribution in [0.2, 0.25) is 0 Å². The van der Waals surface area contributed by atoms with Crippen LogP contribution in [0.4, 0.5) is 5.95 Å². The maximum Gasteiger partial charge on any atom is 0.257 e. The second-order valence-electron chi connectivity index (χ2n) is 6.37. The van der Waals surface area contributed by atoms with E-state index in [1.54, 1.807) is 23.4 Å². The van der Waals surface area contributed by atoms with Crippen molar-refractivity contribution in [3.05, 3.63) is 36.2 Å². The monoisotopic (exact) mass is 405 g/mol. The predicted octanol–water partition coefficient (Wildman–Crippen LogP) is -0.142. The number of amides is 1. The van der Waals surface area contributed by atoms with Crippen LogP contribution >= 0.6 is 0 Å². The molecular formula is C17H19N5O5S. The number of carbonyl (C=O) groups is 1. The molecular weight excluding hydrogens is 386 g/mol. The lowest BCUT2D eigenvalue weighted by atomic mass is 10.1. The summed E-state index contributed by atoms with van der Waals surface area (Å²) in [5, 5.41) is 5.25. The Hall–Kier alpha value is -2.92. The van der Waals surface area contributed by atoms with Gasteiger partial charge < -0.3 is 19.3 Å². The molecule has 28 heavy (non-hydrogen) atoms. The zero-order valence-electron chi connectivity index (χ0n) is 14.9. The first-order chi connectivity index (χ1) is 13.4. The Kier molecular flexibility index (Phi) is 4.77. The fourth-order valence-corrected chi connectivity index (χ4v) is 3.74. The van der Waals surface area contributed by atoms with Gasteiger partial charge in [-0.05, 0) is 12.1 Å². The number of aromatic nitrogens is 2. The summed E-state index contributed by atoms with van der Waals surface area (Å²) >= 11 is 0. The van der Waals surface area contributed by atoms with Crippen molar-refractivity contribution in [2.24, 2.45) is 5.14 Å². The molecule has 0 radical (unpaired) electrons. The van der Waals surface area contributed by atoms with Crippen LogP contribution in [0.1, 0.15) is 10.4 Å². The lowest BCUT2D eigenvalue weighted by molar-refractivity contribution is 0.0735. The average Bonchev–Trinajstić information content (AvgIpc) is 2.72. The van der Waals surface area contributed by atoms with Crippen LogP contribution < -0.4 is 19.5 Å². The van der Waals surface area contributed by atoms with E-state index >= 15 is 0 Å². The molecule has 2 N–H and O–H groups in total. The number of fused-ring (bicyclic) bond motifs is 1. The highest BCUT2D eigenvalue weighted by atomic mass is 32.2. The number of piperazine rings is 1.